The minimum Gasteiger partial charge on any atom is -0.294 e. The lowest BCUT2D eigenvalue weighted by atomic mass is 9.80. The summed E-state index contributed by atoms with van der Waals surface area (Å²) in [5.41, 5.74) is 4.10. The number of Topliss-reactive ketones (excluding diaryl/α,β-unsaturated/α-hetero) is 1. The lowest BCUT2D eigenvalue weighted by molar-refractivity contribution is 0.0962. The van der Waals surface area contributed by atoms with Gasteiger partial charge in [-0.25, -0.2) is 0 Å². The third kappa shape index (κ3) is 1.84. The highest BCUT2D eigenvalue weighted by Crippen LogP contribution is 2.32. The fraction of sp³-hybridized carbons (Fsp3) is 0.250. The number of hydrogen-bond acceptors (Lipinski definition) is 2. The van der Waals surface area contributed by atoms with Crippen LogP contribution in [0.15, 0.2) is 42.6 Å². The minimum atomic E-state index is 0.232. The first-order valence-electron chi connectivity index (χ1n) is 6.28. The van der Waals surface area contributed by atoms with E-state index in [9.17, 15) is 4.79 Å². The topological polar surface area (TPSA) is 30.0 Å². The van der Waals surface area contributed by atoms with Gasteiger partial charge in [0.15, 0.2) is 5.78 Å². The van der Waals surface area contributed by atoms with Gasteiger partial charge in [-0.2, -0.15) is 0 Å². The molecule has 0 saturated heterocycles. The number of pyridine rings is 1. The number of rotatable bonds is 1. The predicted octanol–water partition coefficient (Wildman–Crippen LogP) is 3.30. The van der Waals surface area contributed by atoms with E-state index in [0.29, 0.717) is 6.42 Å². The van der Waals surface area contributed by atoms with Crippen LogP contribution in [0.5, 0.6) is 0 Å². The van der Waals surface area contributed by atoms with Crippen LogP contribution in [-0.2, 0) is 6.42 Å². The van der Waals surface area contributed by atoms with E-state index in [2.05, 4.69) is 17.1 Å². The Hall–Kier alpha value is -1.96. The number of fused-ring (bicyclic) bond motifs is 1. The number of hydrogen-bond donors (Lipinski definition) is 0. The Bertz CT molecular complexity index is 589. The molecule has 0 aliphatic heterocycles. The SMILES string of the molecule is Cc1ccnc2c1C(=O)CC(c1ccccc1)C2. The maximum atomic E-state index is 12.3. The van der Waals surface area contributed by atoms with Crippen LogP contribution in [0.3, 0.4) is 0 Å². The summed E-state index contributed by atoms with van der Waals surface area (Å²) < 4.78 is 0. The number of nitrogens with zero attached hydrogens (tertiary/aromatic N) is 1. The van der Waals surface area contributed by atoms with Gasteiger partial charge in [0.25, 0.3) is 0 Å². The largest absolute Gasteiger partial charge is 0.294 e. The number of carbonyl (C=O) groups excluding carboxylic acids is 1. The van der Waals surface area contributed by atoms with Crippen molar-refractivity contribution in [3.05, 3.63) is 65.0 Å². The van der Waals surface area contributed by atoms with Crippen LogP contribution in [0.2, 0.25) is 0 Å². The Morgan fingerprint density at radius 3 is 2.67 bits per heavy atom. The lowest BCUT2D eigenvalue weighted by Gasteiger charge is -2.24. The van der Waals surface area contributed by atoms with Gasteiger partial charge in [0.1, 0.15) is 0 Å². The molecule has 0 fully saturated rings. The molecule has 1 aromatic heterocycles. The summed E-state index contributed by atoms with van der Waals surface area (Å²) in [6, 6.07) is 12.2. The van der Waals surface area contributed by atoms with Crippen LogP contribution in [0, 0.1) is 6.92 Å². The molecule has 1 aliphatic carbocycles. The smallest absolute Gasteiger partial charge is 0.165 e. The van der Waals surface area contributed by atoms with Crippen LogP contribution in [-0.4, -0.2) is 10.8 Å². The molecule has 2 aromatic rings. The normalized spacial score (nSPS) is 18.5. The van der Waals surface area contributed by atoms with Crippen molar-refractivity contribution in [2.45, 2.75) is 25.7 Å². The second-order valence-corrected chi connectivity index (χ2v) is 4.89. The van der Waals surface area contributed by atoms with Crippen LogP contribution in [0.25, 0.3) is 0 Å². The van der Waals surface area contributed by atoms with E-state index >= 15 is 0 Å². The van der Waals surface area contributed by atoms with E-state index in [1.165, 1.54) is 5.56 Å². The summed E-state index contributed by atoms with van der Waals surface area (Å²) in [4.78, 5) is 16.6. The predicted molar refractivity (Wildman–Crippen MR) is 70.8 cm³/mol. The highest BCUT2D eigenvalue weighted by atomic mass is 16.1. The summed E-state index contributed by atoms with van der Waals surface area (Å²) in [6.07, 6.45) is 3.27. The van der Waals surface area contributed by atoms with Crippen molar-refractivity contribution in [2.24, 2.45) is 0 Å². The summed E-state index contributed by atoms with van der Waals surface area (Å²) in [5.74, 6) is 0.510. The Morgan fingerprint density at radius 1 is 1.11 bits per heavy atom. The maximum absolute atomic E-state index is 12.3. The van der Waals surface area contributed by atoms with Gasteiger partial charge in [-0.1, -0.05) is 30.3 Å². The Labute approximate surface area is 107 Å². The molecule has 18 heavy (non-hydrogen) atoms. The molecule has 1 heterocycles. The van der Waals surface area contributed by atoms with Crippen molar-refractivity contribution in [3.63, 3.8) is 0 Å². The number of ketones is 1. The molecule has 0 bridgehead atoms. The van der Waals surface area contributed by atoms with Gasteiger partial charge in [-0.3, -0.25) is 9.78 Å². The molecular weight excluding hydrogens is 222 g/mol. The quantitative estimate of drug-likeness (QED) is 0.761. The van der Waals surface area contributed by atoms with E-state index in [0.717, 1.165) is 23.2 Å². The molecule has 2 heteroatoms. The summed E-state index contributed by atoms with van der Waals surface area (Å²) in [5, 5.41) is 0. The Morgan fingerprint density at radius 2 is 1.89 bits per heavy atom. The molecule has 3 rings (SSSR count). The van der Waals surface area contributed by atoms with Crippen LogP contribution in [0.4, 0.5) is 0 Å². The minimum absolute atomic E-state index is 0.232. The molecule has 0 spiro atoms. The van der Waals surface area contributed by atoms with Crippen LogP contribution >= 0.6 is 0 Å². The molecule has 0 N–H and O–H groups in total. The van der Waals surface area contributed by atoms with Gasteiger partial charge in [0.2, 0.25) is 0 Å². The average Bonchev–Trinajstić information content (AvgIpc) is 2.39. The zero-order valence-corrected chi connectivity index (χ0v) is 10.4. The van der Waals surface area contributed by atoms with Gasteiger partial charge < -0.3 is 0 Å². The second-order valence-electron chi connectivity index (χ2n) is 4.89. The molecule has 0 saturated carbocycles. The molecular formula is C16H15NO. The molecule has 1 aromatic carbocycles. The van der Waals surface area contributed by atoms with Crippen molar-refractivity contribution >= 4 is 5.78 Å². The Balaban J connectivity index is 2.00. The maximum Gasteiger partial charge on any atom is 0.165 e. The first-order chi connectivity index (χ1) is 8.75. The van der Waals surface area contributed by atoms with Crippen molar-refractivity contribution in [2.75, 3.05) is 0 Å². The summed E-state index contributed by atoms with van der Waals surface area (Å²) in [7, 11) is 0. The Kier molecular flexibility index (Phi) is 2.71. The van der Waals surface area contributed by atoms with E-state index in [1.807, 2.05) is 31.2 Å². The highest BCUT2D eigenvalue weighted by molar-refractivity contribution is 6.00. The zero-order chi connectivity index (χ0) is 12.5. The second kappa shape index (κ2) is 4.37. The van der Waals surface area contributed by atoms with Crippen molar-refractivity contribution in [3.8, 4) is 0 Å². The monoisotopic (exact) mass is 237 g/mol. The summed E-state index contributed by atoms with van der Waals surface area (Å²) in [6.45, 7) is 1.99. The molecule has 90 valence electrons. The van der Waals surface area contributed by atoms with Gasteiger partial charge in [-0.15, -0.1) is 0 Å². The van der Waals surface area contributed by atoms with E-state index < -0.39 is 0 Å². The van der Waals surface area contributed by atoms with Crippen molar-refractivity contribution in [1.29, 1.82) is 0 Å². The number of carbonyl (C=O) groups is 1. The third-order valence-electron chi connectivity index (χ3n) is 3.66. The van der Waals surface area contributed by atoms with Crippen LogP contribution in [0.1, 0.15) is 39.5 Å². The molecule has 0 amide bonds. The fourth-order valence-electron chi connectivity index (χ4n) is 2.74. The van der Waals surface area contributed by atoms with Crippen LogP contribution < -0.4 is 0 Å². The van der Waals surface area contributed by atoms with Gasteiger partial charge in [-0.05, 0) is 36.5 Å². The van der Waals surface area contributed by atoms with Crippen molar-refractivity contribution < 1.29 is 4.79 Å². The molecule has 1 unspecified atom stereocenters. The van der Waals surface area contributed by atoms with Gasteiger partial charge >= 0.3 is 0 Å². The number of benzene rings is 1. The molecule has 1 aliphatic rings. The van der Waals surface area contributed by atoms with Gasteiger partial charge in [0, 0.05) is 18.2 Å². The third-order valence-corrected chi connectivity index (χ3v) is 3.66. The van der Waals surface area contributed by atoms with Crippen molar-refractivity contribution in [1.82, 2.24) is 4.98 Å². The lowest BCUT2D eigenvalue weighted by Crippen LogP contribution is -2.21. The fourth-order valence-corrected chi connectivity index (χ4v) is 2.74. The van der Waals surface area contributed by atoms with E-state index in [1.54, 1.807) is 6.20 Å². The average molecular weight is 237 g/mol. The standard InChI is InChI=1S/C16H15NO/c1-11-7-8-17-14-9-13(10-15(18)16(11)14)12-5-3-2-4-6-12/h2-8,13H,9-10H2,1H3. The van der Waals surface area contributed by atoms with E-state index in [-0.39, 0.29) is 11.7 Å². The highest BCUT2D eigenvalue weighted by Gasteiger charge is 2.28. The first-order valence-corrected chi connectivity index (χ1v) is 6.28. The zero-order valence-electron chi connectivity index (χ0n) is 10.4. The molecule has 0 radical (unpaired) electrons. The first kappa shape index (κ1) is 11.1. The number of aromatic nitrogens is 1. The number of aryl methyl sites for hydroxylation is 1. The molecule has 1 atom stereocenters. The molecule has 2 nitrogen and oxygen atoms in total. The van der Waals surface area contributed by atoms with E-state index in [4.69, 9.17) is 0 Å². The summed E-state index contributed by atoms with van der Waals surface area (Å²) >= 11 is 0. The van der Waals surface area contributed by atoms with Gasteiger partial charge in [0.05, 0.1) is 5.69 Å².